The number of nitriles is 1. The Hall–Kier alpha value is -4.11. The van der Waals surface area contributed by atoms with Gasteiger partial charge in [0.1, 0.15) is 17.9 Å². The molecule has 1 unspecified atom stereocenters. The van der Waals surface area contributed by atoms with Crippen LogP contribution in [0.1, 0.15) is 28.4 Å². The van der Waals surface area contributed by atoms with Crippen LogP contribution in [0.5, 0.6) is 5.75 Å². The molecule has 30 heavy (non-hydrogen) atoms. The molecule has 150 valence electrons. The van der Waals surface area contributed by atoms with Crippen molar-refractivity contribution in [3.8, 4) is 11.8 Å². The van der Waals surface area contributed by atoms with Gasteiger partial charge in [0.05, 0.1) is 11.6 Å². The highest BCUT2D eigenvalue weighted by Crippen LogP contribution is 2.21. The van der Waals surface area contributed by atoms with Gasteiger partial charge in [0.2, 0.25) is 0 Å². The summed E-state index contributed by atoms with van der Waals surface area (Å²) in [6, 6.07) is 24.7. The number of hydrogen-bond acceptors (Lipinski definition) is 5. The zero-order valence-electron chi connectivity index (χ0n) is 16.4. The summed E-state index contributed by atoms with van der Waals surface area (Å²) in [7, 11) is 0. The quantitative estimate of drug-likeness (QED) is 0.597. The minimum Gasteiger partial charge on any atom is -0.488 e. The second-order valence-corrected chi connectivity index (χ2v) is 6.50. The van der Waals surface area contributed by atoms with Crippen LogP contribution in [0.4, 0.5) is 5.69 Å². The zero-order chi connectivity index (χ0) is 21.3. The Kier molecular flexibility index (Phi) is 6.80. The van der Waals surface area contributed by atoms with Crippen LogP contribution < -0.4 is 10.1 Å². The molecule has 0 heterocycles. The molecule has 6 nitrogen and oxygen atoms in total. The number of rotatable bonds is 7. The fraction of sp³-hybridized carbons (Fsp3) is 0.125. The first-order chi connectivity index (χ1) is 14.6. The lowest BCUT2D eigenvalue weighted by atomic mass is 10.2. The van der Waals surface area contributed by atoms with Gasteiger partial charge in [0.25, 0.3) is 5.91 Å². The summed E-state index contributed by atoms with van der Waals surface area (Å²) in [5.74, 6) is -0.747. The van der Waals surface area contributed by atoms with E-state index in [-0.39, 0.29) is 5.56 Å². The minimum absolute atomic E-state index is 0.242. The molecule has 3 aromatic rings. The molecule has 0 spiro atoms. The number of hydrogen-bond donors (Lipinski definition) is 1. The van der Waals surface area contributed by atoms with Gasteiger partial charge < -0.3 is 14.8 Å². The number of ether oxygens (including phenoxy) is 2. The monoisotopic (exact) mass is 400 g/mol. The van der Waals surface area contributed by atoms with Gasteiger partial charge in [0.15, 0.2) is 6.10 Å². The fourth-order valence-corrected chi connectivity index (χ4v) is 2.65. The first-order valence-corrected chi connectivity index (χ1v) is 9.34. The van der Waals surface area contributed by atoms with E-state index in [1.807, 2.05) is 36.4 Å². The van der Waals surface area contributed by atoms with E-state index in [0.29, 0.717) is 23.6 Å². The number of anilines is 1. The van der Waals surface area contributed by atoms with E-state index in [0.717, 1.165) is 5.56 Å². The van der Waals surface area contributed by atoms with E-state index in [1.165, 1.54) is 6.92 Å². The van der Waals surface area contributed by atoms with Gasteiger partial charge in [0, 0.05) is 5.69 Å². The molecule has 0 radical (unpaired) electrons. The summed E-state index contributed by atoms with van der Waals surface area (Å²) in [4.78, 5) is 25.0. The maximum Gasteiger partial charge on any atom is 0.342 e. The van der Waals surface area contributed by atoms with Crippen LogP contribution in [-0.4, -0.2) is 18.0 Å². The molecule has 6 heteroatoms. The number of amides is 1. The number of benzene rings is 3. The SMILES string of the molecule is CC(OC(=O)c1ccccc1OCc1ccccc1)C(=O)Nc1ccc(C#N)cc1. The summed E-state index contributed by atoms with van der Waals surface area (Å²) in [6.45, 7) is 1.80. The van der Waals surface area contributed by atoms with Crippen molar-refractivity contribution in [3.63, 3.8) is 0 Å². The van der Waals surface area contributed by atoms with Crippen molar-refractivity contribution in [3.05, 3.63) is 95.6 Å². The van der Waals surface area contributed by atoms with E-state index in [1.54, 1.807) is 48.5 Å². The average molecular weight is 400 g/mol. The zero-order valence-corrected chi connectivity index (χ0v) is 16.4. The highest BCUT2D eigenvalue weighted by molar-refractivity contribution is 5.98. The normalized spacial score (nSPS) is 11.1. The van der Waals surface area contributed by atoms with Crippen molar-refractivity contribution in [2.75, 3.05) is 5.32 Å². The van der Waals surface area contributed by atoms with Gasteiger partial charge in [-0.25, -0.2) is 4.79 Å². The molecule has 0 aliphatic rings. The van der Waals surface area contributed by atoms with Crippen LogP contribution in [-0.2, 0) is 16.1 Å². The van der Waals surface area contributed by atoms with Gasteiger partial charge in [-0.05, 0) is 48.9 Å². The Bertz CT molecular complexity index is 1060. The molecule has 0 aliphatic heterocycles. The van der Waals surface area contributed by atoms with Crippen molar-refractivity contribution in [1.82, 2.24) is 0 Å². The number of carbonyl (C=O) groups excluding carboxylic acids is 2. The number of para-hydroxylation sites is 1. The Labute approximate surface area is 174 Å². The second-order valence-electron chi connectivity index (χ2n) is 6.50. The smallest absolute Gasteiger partial charge is 0.342 e. The summed E-state index contributed by atoms with van der Waals surface area (Å²) in [5.41, 5.74) is 2.20. The highest BCUT2D eigenvalue weighted by Gasteiger charge is 2.21. The summed E-state index contributed by atoms with van der Waals surface area (Å²) in [6.07, 6.45) is -1.02. The third-order valence-electron chi connectivity index (χ3n) is 4.28. The predicted molar refractivity (Wildman–Crippen MR) is 112 cm³/mol. The number of esters is 1. The standard InChI is InChI=1S/C24H20N2O4/c1-17(23(27)26-20-13-11-18(15-25)12-14-20)30-24(28)21-9-5-6-10-22(21)29-16-19-7-3-2-4-8-19/h2-14,17H,16H2,1H3,(H,26,27). The molecule has 1 atom stereocenters. The van der Waals surface area contributed by atoms with Crippen LogP contribution in [0, 0.1) is 11.3 Å². The first-order valence-electron chi connectivity index (χ1n) is 9.34. The van der Waals surface area contributed by atoms with Gasteiger partial charge in [-0.15, -0.1) is 0 Å². The van der Waals surface area contributed by atoms with Crippen LogP contribution in [0.3, 0.4) is 0 Å². The van der Waals surface area contributed by atoms with Gasteiger partial charge in [-0.2, -0.15) is 5.26 Å². The van der Waals surface area contributed by atoms with Gasteiger partial charge in [-0.3, -0.25) is 4.79 Å². The summed E-state index contributed by atoms with van der Waals surface area (Å²) < 4.78 is 11.1. The number of carbonyl (C=O) groups is 2. The van der Waals surface area contributed by atoms with E-state index >= 15 is 0 Å². The van der Waals surface area contributed by atoms with Crippen LogP contribution in [0.25, 0.3) is 0 Å². The van der Waals surface area contributed by atoms with Crippen molar-refractivity contribution < 1.29 is 19.1 Å². The maximum atomic E-state index is 12.6. The first kappa shape index (κ1) is 20.6. The average Bonchev–Trinajstić information content (AvgIpc) is 2.79. The molecule has 0 aromatic heterocycles. The van der Waals surface area contributed by atoms with Gasteiger partial charge >= 0.3 is 5.97 Å². The topological polar surface area (TPSA) is 88.4 Å². The Morgan fingerprint density at radius 3 is 2.33 bits per heavy atom. The molecule has 0 bridgehead atoms. The van der Waals surface area contributed by atoms with E-state index in [4.69, 9.17) is 14.7 Å². The van der Waals surface area contributed by atoms with E-state index < -0.39 is 18.0 Å². The molecule has 3 rings (SSSR count). The molecule has 0 saturated heterocycles. The third kappa shape index (κ3) is 5.46. The van der Waals surface area contributed by atoms with Crippen LogP contribution in [0.2, 0.25) is 0 Å². The van der Waals surface area contributed by atoms with Crippen molar-refractivity contribution in [2.24, 2.45) is 0 Å². The van der Waals surface area contributed by atoms with Crippen molar-refractivity contribution >= 4 is 17.6 Å². The van der Waals surface area contributed by atoms with E-state index in [9.17, 15) is 9.59 Å². The molecular formula is C24H20N2O4. The lowest BCUT2D eigenvalue weighted by molar-refractivity contribution is -0.123. The lowest BCUT2D eigenvalue weighted by Gasteiger charge is -2.15. The lowest BCUT2D eigenvalue weighted by Crippen LogP contribution is -2.30. The van der Waals surface area contributed by atoms with Crippen LogP contribution >= 0.6 is 0 Å². The maximum absolute atomic E-state index is 12.6. The van der Waals surface area contributed by atoms with Gasteiger partial charge in [-0.1, -0.05) is 42.5 Å². The highest BCUT2D eigenvalue weighted by atomic mass is 16.5. The van der Waals surface area contributed by atoms with Crippen molar-refractivity contribution in [2.45, 2.75) is 19.6 Å². The molecular weight excluding hydrogens is 380 g/mol. The molecule has 0 aliphatic carbocycles. The second kappa shape index (κ2) is 9.89. The Morgan fingerprint density at radius 2 is 1.63 bits per heavy atom. The summed E-state index contributed by atoms with van der Waals surface area (Å²) in [5, 5.41) is 11.5. The molecule has 1 amide bonds. The Morgan fingerprint density at radius 1 is 0.967 bits per heavy atom. The molecule has 0 fully saturated rings. The van der Waals surface area contributed by atoms with Crippen molar-refractivity contribution in [1.29, 1.82) is 5.26 Å². The van der Waals surface area contributed by atoms with E-state index in [2.05, 4.69) is 5.32 Å². The minimum atomic E-state index is -1.02. The number of nitrogens with one attached hydrogen (secondary N) is 1. The predicted octanol–water partition coefficient (Wildman–Crippen LogP) is 4.32. The fourth-order valence-electron chi connectivity index (χ4n) is 2.65. The van der Waals surface area contributed by atoms with Crippen LogP contribution in [0.15, 0.2) is 78.9 Å². The largest absolute Gasteiger partial charge is 0.488 e. The summed E-state index contributed by atoms with van der Waals surface area (Å²) >= 11 is 0. The third-order valence-corrected chi connectivity index (χ3v) is 4.28. The molecule has 1 N–H and O–H groups in total. The molecule has 0 saturated carbocycles. The number of nitrogens with zero attached hydrogens (tertiary/aromatic N) is 1. The molecule has 3 aromatic carbocycles. The Balaban J connectivity index is 1.61.